The number of hydrogen-bond donors (Lipinski definition) is 2. The third-order valence-corrected chi connectivity index (χ3v) is 7.04. The molecule has 2 N–H and O–H groups in total. The number of para-hydroxylation sites is 2. The Bertz CT molecular complexity index is 1350. The van der Waals surface area contributed by atoms with E-state index in [2.05, 4.69) is 83.8 Å². The number of thioether (sulfide) groups is 1. The first-order valence-electron chi connectivity index (χ1n) is 11.4. The van der Waals surface area contributed by atoms with Gasteiger partial charge < -0.3 is 15.1 Å². The number of pyridine rings is 1. The van der Waals surface area contributed by atoms with E-state index in [0.29, 0.717) is 6.54 Å². The lowest BCUT2D eigenvalue weighted by Crippen LogP contribution is -2.41. The Kier molecular flexibility index (Phi) is 6.77. The van der Waals surface area contributed by atoms with Crippen molar-refractivity contribution in [3.05, 3.63) is 119 Å². The molecule has 0 saturated heterocycles. The maximum Gasteiger partial charge on any atom is 0.213 e. The van der Waals surface area contributed by atoms with Crippen LogP contribution in [-0.2, 0) is 13.1 Å². The SMILES string of the molecule is OCC(O)C[n+]1ccc(/C=C/C=C2\Sc3ccccc3N2Cc2ccccc2)c2ccccc21. The van der Waals surface area contributed by atoms with Gasteiger partial charge in [-0.05, 0) is 35.4 Å². The Balaban J connectivity index is 1.44. The zero-order valence-corrected chi connectivity index (χ0v) is 19.6. The highest BCUT2D eigenvalue weighted by Crippen LogP contribution is 2.46. The standard InChI is InChI=1S/C29H27N2O2S/c32-21-24(33)20-30-18-17-23(25-12-4-5-13-26(25)30)11-8-16-29-31(19-22-9-2-1-3-10-22)27-14-6-7-15-28(27)34-29/h1-18,24,32-33H,19-21H2/q+1. The quantitative estimate of drug-likeness (QED) is 0.369. The number of aliphatic hydroxyl groups excluding tert-OH is 2. The summed E-state index contributed by atoms with van der Waals surface area (Å²) in [6, 6.07) is 29.3. The lowest BCUT2D eigenvalue weighted by atomic mass is 10.1. The van der Waals surface area contributed by atoms with Crippen molar-refractivity contribution in [3.8, 4) is 0 Å². The number of anilines is 1. The van der Waals surface area contributed by atoms with Crippen LogP contribution in [0.4, 0.5) is 5.69 Å². The molecule has 170 valence electrons. The van der Waals surface area contributed by atoms with Gasteiger partial charge in [0.25, 0.3) is 0 Å². The first-order chi connectivity index (χ1) is 16.7. The second kappa shape index (κ2) is 10.3. The summed E-state index contributed by atoms with van der Waals surface area (Å²) in [7, 11) is 0. The zero-order chi connectivity index (χ0) is 23.3. The molecule has 0 radical (unpaired) electrons. The molecule has 0 amide bonds. The molecular weight excluding hydrogens is 440 g/mol. The number of aliphatic hydroxyl groups is 2. The van der Waals surface area contributed by atoms with Gasteiger partial charge in [0.15, 0.2) is 12.7 Å². The fraction of sp³-hybridized carbons (Fsp3) is 0.138. The molecule has 1 aromatic heterocycles. The highest BCUT2D eigenvalue weighted by Gasteiger charge is 2.24. The summed E-state index contributed by atoms with van der Waals surface area (Å²) in [6.45, 7) is 0.927. The van der Waals surface area contributed by atoms with E-state index in [-0.39, 0.29) is 6.61 Å². The zero-order valence-electron chi connectivity index (χ0n) is 18.8. The highest BCUT2D eigenvalue weighted by atomic mass is 32.2. The Labute approximate surface area is 204 Å². The van der Waals surface area contributed by atoms with E-state index in [1.54, 1.807) is 11.8 Å². The van der Waals surface area contributed by atoms with Crippen molar-refractivity contribution in [2.75, 3.05) is 11.5 Å². The molecular formula is C29H27N2O2S+. The fourth-order valence-electron chi connectivity index (χ4n) is 4.24. The Hall–Kier alpha value is -3.38. The van der Waals surface area contributed by atoms with Crippen molar-refractivity contribution >= 4 is 34.4 Å². The third-order valence-electron chi connectivity index (χ3n) is 5.91. The topological polar surface area (TPSA) is 47.6 Å². The number of rotatable bonds is 7. The van der Waals surface area contributed by atoms with Crippen LogP contribution < -0.4 is 9.47 Å². The van der Waals surface area contributed by atoms with Crippen molar-refractivity contribution in [1.29, 1.82) is 0 Å². The fourth-order valence-corrected chi connectivity index (χ4v) is 5.31. The van der Waals surface area contributed by atoms with E-state index in [1.165, 1.54) is 21.2 Å². The van der Waals surface area contributed by atoms with Crippen molar-refractivity contribution in [2.24, 2.45) is 0 Å². The second-order valence-electron chi connectivity index (χ2n) is 8.28. The lowest BCUT2D eigenvalue weighted by molar-refractivity contribution is -0.678. The summed E-state index contributed by atoms with van der Waals surface area (Å²) in [4.78, 5) is 3.64. The maximum atomic E-state index is 9.91. The number of fused-ring (bicyclic) bond motifs is 2. The van der Waals surface area contributed by atoms with Gasteiger partial charge in [-0.2, -0.15) is 4.57 Å². The molecule has 0 aliphatic carbocycles. The predicted molar refractivity (Wildman–Crippen MR) is 139 cm³/mol. The minimum atomic E-state index is -0.781. The van der Waals surface area contributed by atoms with Crippen LogP contribution in [0.3, 0.4) is 0 Å². The molecule has 0 saturated carbocycles. The van der Waals surface area contributed by atoms with Gasteiger partial charge in [-0.15, -0.1) is 0 Å². The van der Waals surface area contributed by atoms with E-state index in [4.69, 9.17) is 0 Å². The summed E-state index contributed by atoms with van der Waals surface area (Å²) >= 11 is 1.79. The van der Waals surface area contributed by atoms with E-state index in [9.17, 15) is 10.2 Å². The van der Waals surface area contributed by atoms with E-state index < -0.39 is 6.10 Å². The molecule has 0 fully saturated rings. The van der Waals surface area contributed by atoms with E-state index in [0.717, 1.165) is 23.0 Å². The molecule has 1 aliphatic rings. The molecule has 0 spiro atoms. The van der Waals surface area contributed by atoms with Crippen LogP contribution in [0.25, 0.3) is 17.0 Å². The van der Waals surface area contributed by atoms with Crippen LogP contribution in [0.15, 0.2) is 113 Å². The van der Waals surface area contributed by atoms with Gasteiger partial charge in [-0.1, -0.05) is 78.5 Å². The normalized spacial score (nSPS) is 15.4. The average molecular weight is 468 g/mol. The minimum absolute atomic E-state index is 0.254. The van der Waals surface area contributed by atoms with Gasteiger partial charge in [-0.3, -0.25) is 0 Å². The van der Waals surface area contributed by atoms with Gasteiger partial charge in [0.1, 0.15) is 6.10 Å². The first-order valence-corrected chi connectivity index (χ1v) is 12.2. The summed E-state index contributed by atoms with van der Waals surface area (Å²) in [5.74, 6) is 0. The molecule has 1 unspecified atom stereocenters. The minimum Gasteiger partial charge on any atom is -0.393 e. The molecule has 0 bridgehead atoms. The maximum absolute atomic E-state index is 9.91. The number of allylic oxidation sites excluding steroid dienone is 2. The summed E-state index contributed by atoms with van der Waals surface area (Å²) < 4.78 is 1.98. The molecule has 3 aromatic carbocycles. The summed E-state index contributed by atoms with van der Waals surface area (Å²) in [6.07, 6.45) is 7.61. The van der Waals surface area contributed by atoms with Crippen molar-refractivity contribution < 1.29 is 14.8 Å². The molecule has 2 heterocycles. The molecule has 1 aliphatic heterocycles. The molecule has 4 aromatic rings. The van der Waals surface area contributed by atoms with Crippen molar-refractivity contribution in [3.63, 3.8) is 0 Å². The Morgan fingerprint density at radius 2 is 1.68 bits per heavy atom. The summed E-state index contributed by atoms with van der Waals surface area (Å²) in [5, 5.41) is 21.4. The monoisotopic (exact) mass is 467 g/mol. The van der Waals surface area contributed by atoms with Gasteiger partial charge in [0, 0.05) is 23.6 Å². The molecule has 34 heavy (non-hydrogen) atoms. The van der Waals surface area contributed by atoms with Gasteiger partial charge >= 0.3 is 0 Å². The molecule has 1 atom stereocenters. The third kappa shape index (κ3) is 4.77. The first kappa shape index (κ1) is 22.4. The molecule has 5 rings (SSSR count). The Morgan fingerprint density at radius 1 is 0.912 bits per heavy atom. The van der Waals surface area contributed by atoms with Crippen LogP contribution >= 0.6 is 11.8 Å². The average Bonchev–Trinajstić information content (AvgIpc) is 3.23. The van der Waals surface area contributed by atoms with Crippen LogP contribution in [0, 0.1) is 0 Å². The number of nitrogens with zero attached hydrogens (tertiary/aromatic N) is 2. The van der Waals surface area contributed by atoms with Crippen LogP contribution in [0.1, 0.15) is 11.1 Å². The highest BCUT2D eigenvalue weighted by molar-refractivity contribution is 8.03. The van der Waals surface area contributed by atoms with Gasteiger partial charge in [0.2, 0.25) is 5.52 Å². The predicted octanol–water partition coefficient (Wildman–Crippen LogP) is 5.15. The van der Waals surface area contributed by atoms with Crippen molar-refractivity contribution in [2.45, 2.75) is 24.1 Å². The van der Waals surface area contributed by atoms with Gasteiger partial charge in [0.05, 0.1) is 22.7 Å². The van der Waals surface area contributed by atoms with Crippen LogP contribution in [-0.4, -0.2) is 22.9 Å². The van der Waals surface area contributed by atoms with E-state index in [1.807, 2.05) is 35.0 Å². The second-order valence-corrected chi connectivity index (χ2v) is 9.34. The molecule has 5 heteroatoms. The lowest BCUT2D eigenvalue weighted by Gasteiger charge is -2.20. The largest absolute Gasteiger partial charge is 0.393 e. The summed E-state index contributed by atoms with van der Waals surface area (Å²) in [5.41, 5.74) is 4.65. The number of benzene rings is 3. The molecule has 4 nitrogen and oxygen atoms in total. The van der Waals surface area contributed by atoms with E-state index >= 15 is 0 Å². The Morgan fingerprint density at radius 3 is 2.53 bits per heavy atom. The van der Waals surface area contributed by atoms with Crippen molar-refractivity contribution in [1.82, 2.24) is 0 Å². The number of hydrogen-bond acceptors (Lipinski definition) is 4. The van der Waals surface area contributed by atoms with Crippen LogP contribution in [0.5, 0.6) is 0 Å². The number of aromatic nitrogens is 1. The van der Waals surface area contributed by atoms with Crippen LogP contribution in [0.2, 0.25) is 0 Å². The smallest absolute Gasteiger partial charge is 0.213 e. The van der Waals surface area contributed by atoms with Gasteiger partial charge in [-0.25, -0.2) is 0 Å².